The van der Waals surface area contributed by atoms with Crippen LogP contribution in [0.4, 0.5) is 0 Å². The maximum absolute atomic E-state index is 8.49. The second kappa shape index (κ2) is 37.5. The van der Waals surface area contributed by atoms with Gasteiger partial charge in [0.1, 0.15) is 0 Å². The Morgan fingerprint density at radius 2 is 0.686 bits per heavy atom. The Balaban J connectivity index is -0.000000205. The fraction of sp³-hybridized carbons (Fsp3) is 0.926. The van der Waals surface area contributed by atoms with E-state index in [0.29, 0.717) is 15.8 Å². The molecule has 0 aromatic rings. The first-order valence-corrected chi connectivity index (χ1v) is 19.9. The SMILES string of the molecule is C=C[CH2][Pd+].CCCCP(CCCC)CCCC.CCCCP(CCCC)CCCC.[O-][Cl+3]([O-])([O-])[O-]. The van der Waals surface area contributed by atoms with Gasteiger partial charge in [-0.1, -0.05) is 80.1 Å². The number of halogens is 1. The summed E-state index contributed by atoms with van der Waals surface area (Å²) >= 11 is 2.92. The summed E-state index contributed by atoms with van der Waals surface area (Å²) in [7, 11) is -4.10. The summed E-state index contributed by atoms with van der Waals surface area (Å²) in [6.07, 6.45) is 28.2. The van der Waals surface area contributed by atoms with Crippen molar-refractivity contribution in [2.45, 2.75) is 123 Å². The van der Waals surface area contributed by atoms with Crippen LogP contribution in [-0.4, -0.2) is 37.0 Å². The molecule has 0 radical (unpaired) electrons. The Bertz CT molecular complexity index is 308. The number of unbranched alkanes of at least 4 members (excludes halogenated alkanes) is 6. The second-order valence-electron chi connectivity index (χ2n) is 8.60. The van der Waals surface area contributed by atoms with Crippen LogP contribution >= 0.6 is 15.8 Å². The number of rotatable bonds is 19. The number of allylic oxidation sites excluding steroid dienone is 1. The molecule has 0 aliphatic rings. The Morgan fingerprint density at radius 3 is 0.771 bits per heavy atom. The molecular formula is C27H59ClO4P2Pd. The van der Waals surface area contributed by atoms with Crippen molar-refractivity contribution in [2.75, 3.05) is 37.0 Å². The van der Waals surface area contributed by atoms with Crippen LogP contribution in [0.1, 0.15) is 119 Å². The van der Waals surface area contributed by atoms with Gasteiger partial charge >= 0.3 is 36.8 Å². The molecule has 4 nitrogen and oxygen atoms in total. The fourth-order valence-corrected chi connectivity index (χ4v) is 8.88. The van der Waals surface area contributed by atoms with Crippen LogP contribution < -0.4 is 18.6 Å². The molecule has 0 fully saturated rings. The first-order chi connectivity index (χ1) is 16.6. The van der Waals surface area contributed by atoms with E-state index in [1.54, 1.807) is 37.0 Å². The summed E-state index contributed by atoms with van der Waals surface area (Å²) in [5, 5.41) is 0. The minimum Gasteiger partial charge on any atom is -0.222 e. The van der Waals surface area contributed by atoms with E-state index < -0.39 is 10.2 Å². The van der Waals surface area contributed by atoms with Crippen molar-refractivity contribution < 1.29 is 48.1 Å². The summed E-state index contributed by atoms with van der Waals surface area (Å²) < 4.78 is 34.0. The molecule has 0 atom stereocenters. The molecule has 0 amide bonds. The Kier molecular flexibility index (Phi) is 46.6. The normalized spacial score (nSPS) is 10.7. The van der Waals surface area contributed by atoms with Crippen molar-refractivity contribution in [2.24, 2.45) is 0 Å². The van der Waals surface area contributed by atoms with Gasteiger partial charge in [-0.3, -0.25) is 0 Å². The molecular weight excluding hydrogens is 592 g/mol. The zero-order valence-electron chi connectivity index (χ0n) is 23.9. The smallest absolute Gasteiger partial charge is 0.0326 e. The minimum atomic E-state index is -4.94. The van der Waals surface area contributed by atoms with Gasteiger partial charge in [0, 0.05) is 0 Å². The van der Waals surface area contributed by atoms with E-state index in [1.165, 1.54) is 77.0 Å². The van der Waals surface area contributed by atoms with Crippen molar-refractivity contribution in [1.29, 1.82) is 0 Å². The summed E-state index contributed by atoms with van der Waals surface area (Å²) in [4.78, 5) is 0.933. The average Bonchev–Trinajstić information content (AvgIpc) is 2.82. The van der Waals surface area contributed by atoms with Gasteiger partial charge in [0.25, 0.3) is 0 Å². The van der Waals surface area contributed by atoms with Crippen LogP contribution in [-0.2, 0) is 19.2 Å². The first-order valence-electron chi connectivity index (χ1n) is 13.8. The van der Waals surface area contributed by atoms with Crippen LogP contribution in [0.25, 0.3) is 0 Å². The van der Waals surface area contributed by atoms with E-state index in [-0.39, 0.29) is 0 Å². The van der Waals surface area contributed by atoms with E-state index in [9.17, 15) is 0 Å². The topological polar surface area (TPSA) is 92.2 Å². The molecule has 0 aliphatic heterocycles. The summed E-state index contributed by atoms with van der Waals surface area (Å²) in [5.74, 6) is 0. The van der Waals surface area contributed by atoms with Crippen LogP contribution in [0.5, 0.6) is 0 Å². The minimum absolute atomic E-state index is 0.422. The molecule has 0 heterocycles. The molecule has 0 aliphatic carbocycles. The predicted octanol–water partition coefficient (Wildman–Crippen LogP) is 6.12. The van der Waals surface area contributed by atoms with E-state index in [4.69, 9.17) is 18.6 Å². The van der Waals surface area contributed by atoms with Gasteiger partial charge in [0.15, 0.2) is 0 Å². The van der Waals surface area contributed by atoms with Crippen LogP contribution in [0.3, 0.4) is 0 Å². The number of hydrogen-bond donors (Lipinski definition) is 0. The Hall–Kier alpha value is 1.39. The van der Waals surface area contributed by atoms with Crippen molar-refractivity contribution in [3.63, 3.8) is 0 Å². The summed E-state index contributed by atoms with van der Waals surface area (Å²) in [5.41, 5.74) is 0. The third-order valence-electron chi connectivity index (χ3n) is 5.06. The maximum Gasteiger partial charge on any atom is -0.0326 e. The van der Waals surface area contributed by atoms with E-state index in [2.05, 4.69) is 67.3 Å². The fourth-order valence-electron chi connectivity index (χ4n) is 2.96. The first kappa shape index (κ1) is 43.4. The molecule has 35 heavy (non-hydrogen) atoms. The average molecular weight is 652 g/mol. The molecule has 0 N–H and O–H groups in total. The maximum atomic E-state index is 8.49. The quantitative estimate of drug-likeness (QED) is 0.0957. The van der Waals surface area contributed by atoms with Crippen molar-refractivity contribution in [3.8, 4) is 0 Å². The molecule has 0 unspecified atom stereocenters. The third kappa shape index (κ3) is 56.7. The molecule has 0 rings (SSSR count). The summed E-state index contributed by atoms with van der Waals surface area (Å²) in [6, 6.07) is 0. The van der Waals surface area contributed by atoms with Gasteiger partial charge in [-0.25, -0.2) is 18.6 Å². The van der Waals surface area contributed by atoms with Crippen LogP contribution in [0.15, 0.2) is 12.7 Å². The standard InChI is InChI=1S/2C12H27P.C3H5.ClHO4.Pd/c2*1-4-7-10-13(11-8-5-2)12-9-6-3;1-3-2;2-1(3,4)5;/h2*4-12H2,1-3H3;3H,1-2H2;(H,2,3,4,5);/q;;;;+1/p-1. The van der Waals surface area contributed by atoms with E-state index in [1.807, 2.05) is 6.08 Å². The molecule has 8 heteroatoms. The molecule has 0 aromatic heterocycles. The summed E-state index contributed by atoms with van der Waals surface area (Å²) in [6.45, 7) is 17.3. The Labute approximate surface area is 236 Å². The van der Waals surface area contributed by atoms with Crippen LogP contribution in [0.2, 0.25) is 4.89 Å². The number of hydrogen-bond acceptors (Lipinski definition) is 4. The van der Waals surface area contributed by atoms with Crippen molar-refractivity contribution in [3.05, 3.63) is 12.7 Å². The molecule has 0 bridgehead atoms. The zero-order chi connectivity index (χ0) is 27.8. The van der Waals surface area contributed by atoms with E-state index in [0.717, 1.165) is 4.89 Å². The van der Waals surface area contributed by atoms with E-state index >= 15 is 0 Å². The van der Waals surface area contributed by atoms with Crippen LogP contribution in [0, 0.1) is 10.2 Å². The molecule has 0 saturated carbocycles. The van der Waals surface area contributed by atoms with Gasteiger partial charge < -0.3 is 0 Å². The van der Waals surface area contributed by atoms with Gasteiger partial charge in [0.2, 0.25) is 0 Å². The molecule has 218 valence electrons. The van der Waals surface area contributed by atoms with Gasteiger partial charge in [0.05, 0.1) is 0 Å². The molecule has 0 aromatic carbocycles. The van der Waals surface area contributed by atoms with Gasteiger partial charge in [-0.2, -0.15) is 0 Å². The van der Waals surface area contributed by atoms with Gasteiger partial charge in [-0.05, 0) is 75.5 Å². The Morgan fingerprint density at radius 1 is 0.543 bits per heavy atom. The molecule has 0 saturated heterocycles. The van der Waals surface area contributed by atoms with Crippen molar-refractivity contribution >= 4 is 15.8 Å². The van der Waals surface area contributed by atoms with Crippen molar-refractivity contribution in [1.82, 2.24) is 0 Å². The monoisotopic (exact) mass is 650 g/mol. The largest absolute Gasteiger partial charge is 0.222 e. The third-order valence-corrected chi connectivity index (χ3v) is 11.2. The predicted molar refractivity (Wildman–Crippen MR) is 147 cm³/mol. The molecule has 0 spiro atoms. The zero-order valence-corrected chi connectivity index (χ0v) is 28.0. The van der Waals surface area contributed by atoms with Gasteiger partial charge in [-0.15, -0.1) is 26.1 Å². The second-order valence-corrected chi connectivity index (χ2v) is 15.4.